The molecule has 7 aromatic rings. The molecule has 0 radical (unpaired) electrons. The van der Waals surface area contributed by atoms with Crippen molar-refractivity contribution in [3.8, 4) is 0 Å². The number of sulfone groups is 7. The minimum Gasteiger partial charge on any atom is -0.481 e. The van der Waals surface area contributed by atoms with Crippen LogP contribution in [0.15, 0.2) is 162 Å². The van der Waals surface area contributed by atoms with Crippen LogP contribution in [-0.2, 0) is 186 Å². The highest BCUT2D eigenvalue weighted by Crippen LogP contribution is 2.30. The number of aryl methyl sites for hydroxylation is 1. The van der Waals surface area contributed by atoms with Crippen LogP contribution in [0.25, 0.3) is 0 Å². The molecule has 736 valence electrons. The number of aliphatic carboxylic acids is 7. The van der Waals surface area contributed by atoms with Crippen molar-refractivity contribution in [3.63, 3.8) is 0 Å². The Morgan fingerprint density at radius 1 is 0.280 bits per heavy atom. The van der Waals surface area contributed by atoms with Crippen molar-refractivity contribution >= 4 is 111 Å². The predicted octanol–water partition coefficient (Wildman–Crippen LogP) is 10.6. The van der Waals surface area contributed by atoms with E-state index in [-0.39, 0.29) is 105 Å². The number of carbonyl (C=O) groups is 7. The molecule has 132 heavy (non-hydrogen) atoms. The van der Waals surface area contributed by atoms with Crippen LogP contribution < -0.4 is 16.8 Å². The molecule has 7 rings (SSSR count). The summed E-state index contributed by atoms with van der Waals surface area (Å²) in [6.07, 6.45) is 2.14. The number of unbranched alkanes of at least 4 members (excludes halogenated alkanes) is 1. The number of hydrogen-bond donors (Lipinski definition) is 12. The van der Waals surface area contributed by atoms with E-state index in [2.05, 4.69) is 12.2 Å². The Hall–Kier alpha value is -9.72. The minimum atomic E-state index is -3.47. The first kappa shape index (κ1) is 120. The molecule has 0 heterocycles. The van der Waals surface area contributed by atoms with Gasteiger partial charge >= 0.3 is 41.8 Å². The summed E-state index contributed by atoms with van der Waals surface area (Å²) < 4.78 is 170. The highest BCUT2D eigenvalue weighted by Gasteiger charge is 2.29. The molecular formula is C92H131N3O30S7. The van der Waals surface area contributed by atoms with Crippen molar-refractivity contribution in [2.24, 2.45) is 11.5 Å². The maximum atomic E-state index is 12.2. The number of hydrogen-bond acceptors (Lipinski definition) is 26. The van der Waals surface area contributed by atoms with E-state index < -0.39 is 147 Å². The van der Waals surface area contributed by atoms with Crippen molar-refractivity contribution < 1.29 is 138 Å². The fourth-order valence-electron chi connectivity index (χ4n) is 12.0. The maximum Gasteiger partial charge on any atom is 0.307 e. The zero-order chi connectivity index (χ0) is 102. The van der Waals surface area contributed by atoms with E-state index in [0.29, 0.717) is 81.6 Å². The molecule has 0 aliphatic heterocycles. The van der Waals surface area contributed by atoms with E-state index in [9.17, 15) is 92.5 Å². The SMILES string of the molecule is CC(C)S(=O)(=O)c1cc(CCN)cc(CC(=O)O)c1.CC(C)S(=O)(=O)c1cc(CCO)cc(CC(=O)O)c1.CC(C)S(=O)(=O)c1cc(CN)cc(CC(=O)O)c1.CC(C)S(=O)(=O)c1cc(CO)cc(CC(=O)O)c1.CC(C)c1cc(CC(=O)O)cc(S(=O)(=O)C(C)C)c1.CCCCc1cc(CC(=O)O)cc(S(=O)(=O)C(C)C)c1.CNCc1cc(CC(=O)O)cc(S(=O)(=O)C(C)C)c1. The number of aliphatic hydroxyl groups excluding tert-OH is 2. The summed E-state index contributed by atoms with van der Waals surface area (Å²) in [6, 6.07) is 32.5. The molecule has 0 atom stereocenters. The third-order valence-electron chi connectivity index (χ3n) is 19.4. The highest BCUT2D eigenvalue weighted by atomic mass is 32.2. The third-order valence-corrected chi connectivity index (χ3v) is 34.3. The van der Waals surface area contributed by atoms with Crippen LogP contribution in [0.4, 0.5) is 0 Å². The molecule has 7 aromatic carbocycles. The van der Waals surface area contributed by atoms with E-state index in [1.165, 1.54) is 66.7 Å². The van der Waals surface area contributed by atoms with Crippen LogP contribution in [0.2, 0.25) is 0 Å². The van der Waals surface area contributed by atoms with Gasteiger partial charge in [-0.25, -0.2) is 58.9 Å². The lowest BCUT2D eigenvalue weighted by Gasteiger charge is -2.13. The van der Waals surface area contributed by atoms with E-state index in [1.807, 2.05) is 13.8 Å². The number of carboxylic acid groups (broad SMARTS) is 7. The standard InChI is InChI=1S/C15H22O4S.C14H20O4S.2C13H19NO4S.C13H18O5S.C12H17NO4S.C12H16O5S/c1-4-5-6-12-7-13(10-15(16)17)9-14(8-12)20(18,19)11(2)3;1-9(2)12-5-11(7-14(15)16)6-13(8-12)19(17,18)10(3)4;1-9(2)19(17,18)12-5-10(7-13(15)16)4-11(6-12)8-14-3;2*1-9(2)19(17,18)12-6-10(3-4-14)5-11(7-12)8-13(15)16;2*1-8(2)18(16,17)11-4-9(6-12(14)15)3-10(5-11)7-13/h7-9,11H,4-6,10H2,1-3H3,(H,16,17);5-6,8-10H,7H2,1-4H3,(H,15,16);4-6,9,14H,7-8H2,1-3H3,(H,15,16);5-7,9H,3-4,8,14H2,1-2H3,(H,15,16);5-7,9,14H,3-4,8H2,1-2H3,(H,15,16);3-5,8H,6-7,13H2,1-2H3,(H,14,15);3-5,8,13H,6-7H2,1-2H3,(H,14,15). The average molecular weight is 1980 g/mol. The smallest absolute Gasteiger partial charge is 0.307 e. The van der Waals surface area contributed by atoms with Gasteiger partial charge in [0.2, 0.25) is 0 Å². The van der Waals surface area contributed by atoms with Gasteiger partial charge in [0, 0.05) is 19.7 Å². The number of carboxylic acids is 7. The number of aliphatic hydroxyl groups is 2. The zero-order valence-electron chi connectivity index (χ0n) is 77.9. The van der Waals surface area contributed by atoms with E-state index in [4.69, 9.17) is 57.4 Å². The summed E-state index contributed by atoms with van der Waals surface area (Å²) in [6.45, 7) is 28.9. The van der Waals surface area contributed by atoms with Crippen LogP contribution in [-0.4, -0.2) is 204 Å². The predicted molar refractivity (Wildman–Crippen MR) is 504 cm³/mol. The summed E-state index contributed by atoms with van der Waals surface area (Å²) in [5.74, 6) is -6.80. The van der Waals surface area contributed by atoms with Gasteiger partial charge in [-0.15, -0.1) is 0 Å². The number of nitrogens with one attached hydrogen (secondary N) is 1. The quantitative estimate of drug-likeness (QED) is 0.0170. The lowest BCUT2D eigenvalue weighted by Crippen LogP contribution is -2.16. The zero-order valence-corrected chi connectivity index (χ0v) is 83.6. The van der Waals surface area contributed by atoms with Crippen molar-refractivity contribution in [3.05, 3.63) is 205 Å². The van der Waals surface area contributed by atoms with Gasteiger partial charge in [-0.3, -0.25) is 33.6 Å². The molecule has 0 aliphatic carbocycles. The second kappa shape index (κ2) is 54.6. The van der Waals surface area contributed by atoms with Gasteiger partial charge in [-0.1, -0.05) is 69.7 Å². The molecule has 0 amide bonds. The number of rotatable bonds is 40. The van der Waals surface area contributed by atoms with Crippen molar-refractivity contribution in [2.45, 2.75) is 291 Å². The average Bonchev–Trinajstić information content (AvgIpc) is 0.816. The molecule has 14 N–H and O–H groups in total. The van der Waals surface area contributed by atoms with Gasteiger partial charge in [0.1, 0.15) is 0 Å². The molecule has 0 fully saturated rings. The summed E-state index contributed by atoms with van der Waals surface area (Å²) in [4.78, 5) is 76.3. The minimum absolute atomic E-state index is 0.0558. The molecule has 33 nitrogen and oxygen atoms in total. The van der Waals surface area contributed by atoms with Crippen LogP contribution in [0.3, 0.4) is 0 Å². The third kappa shape index (κ3) is 39.8. The number of benzene rings is 7. The molecule has 0 saturated carbocycles. The Morgan fingerprint density at radius 3 is 0.705 bits per heavy atom. The molecule has 0 aliphatic rings. The van der Waals surface area contributed by atoms with E-state index >= 15 is 0 Å². The van der Waals surface area contributed by atoms with Crippen molar-refractivity contribution in [1.29, 1.82) is 0 Å². The number of nitrogens with two attached hydrogens (primary N) is 2. The van der Waals surface area contributed by atoms with Gasteiger partial charge in [0.05, 0.1) is 123 Å². The van der Waals surface area contributed by atoms with Gasteiger partial charge in [-0.05, 0) is 305 Å². The maximum absolute atomic E-state index is 12.2. The Balaban J connectivity index is 0.000000770. The molecule has 40 heteroatoms. The summed E-state index contributed by atoms with van der Waals surface area (Å²) in [7, 11) is -22.2. The van der Waals surface area contributed by atoms with Crippen molar-refractivity contribution in [2.75, 3.05) is 20.2 Å². The largest absolute Gasteiger partial charge is 0.481 e. The first-order chi connectivity index (χ1) is 60.7. The van der Waals surface area contributed by atoms with Crippen LogP contribution >= 0.6 is 0 Å². The molecule has 0 saturated heterocycles. The molecule has 0 spiro atoms. The Labute approximate surface area is 777 Å². The molecule has 0 bridgehead atoms. The van der Waals surface area contributed by atoms with Gasteiger partial charge < -0.3 is 62.7 Å². The Kier molecular flexibility index (Phi) is 49.7. The topological polar surface area (TPSA) is 605 Å². The lowest BCUT2D eigenvalue weighted by atomic mass is 10.00. The van der Waals surface area contributed by atoms with Crippen LogP contribution in [0, 0.1) is 0 Å². The van der Waals surface area contributed by atoms with E-state index in [0.717, 1.165) is 41.5 Å². The van der Waals surface area contributed by atoms with Crippen LogP contribution in [0.1, 0.15) is 214 Å². The van der Waals surface area contributed by atoms with Gasteiger partial charge in [0.25, 0.3) is 0 Å². The highest BCUT2D eigenvalue weighted by molar-refractivity contribution is 7.93. The first-order valence-electron chi connectivity index (χ1n) is 42.1. The lowest BCUT2D eigenvalue weighted by molar-refractivity contribution is -0.137. The molecule has 0 unspecified atom stereocenters. The normalized spacial score (nSPS) is 11.8. The summed E-state index contributed by atoms with van der Waals surface area (Å²) in [5.41, 5.74) is 19.2. The molecular weight excluding hydrogens is 1850 g/mol. The summed E-state index contributed by atoms with van der Waals surface area (Å²) >= 11 is 0. The fourth-order valence-corrected chi connectivity index (χ4v) is 20.2. The Morgan fingerprint density at radius 2 is 0.485 bits per heavy atom. The second-order valence-corrected chi connectivity index (χ2v) is 50.7. The van der Waals surface area contributed by atoms with Gasteiger partial charge in [0.15, 0.2) is 68.9 Å². The molecule has 0 aromatic heterocycles. The second-order valence-electron chi connectivity index (χ2n) is 33.1. The van der Waals surface area contributed by atoms with E-state index in [1.54, 1.807) is 165 Å². The van der Waals surface area contributed by atoms with Crippen molar-refractivity contribution in [1.82, 2.24) is 5.32 Å². The monoisotopic (exact) mass is 1980 g/mol. The Bertz CT molecular complexity index is 5620. The fraction of sp³-hybridized carbons (Fsp3) is 0.467. The van der Waals surface area contributed by atoms with Gasteiger partial charge in [-0.2, -0.15) is 0 Å². The first-order valence-corrected chi connectivity index (χ1v) is 53.0. The summed E-state index contributed by atoms with van der Waals surface area (Å²) in [5, 5.41) is 78.8. The van der Waals surface area contributed by atoms with Crippen LogP contribution in [0.5, 0.6) is 0 Å².